The molecule has 2 heterocycles. The largest absolute Gasteiger partial charge is 0.465 e. The molecule has 7 nitrogen and oxygen atoms in total. The lowest BCUT2D eigenvalue weighted by molar-refractivity contribution is -0.0770. The Morgan fingerprint density at radius 3 is 2.55 bits per heavy atom. The first-order chi connectivity index (χ1) is 13.5. The molecule has 29 heavy (non-hydrogen) atoms. The van der Waals surface area contributed by atoms with Gasteiger partial charge in [-0.25, -0.2) is 4.79 Å². The first-order valence-corrected chi connectivity index (χ1v) is 10.2. The highest BCUT2D eigenvalue weighted by molar-refractivity contribution is 6.42. The monoisotopic (exact) mass is 441 g/mol. The molecule has 1 N–H and O–H groups in total. The minimum absolute atomic E-state index is 0.229. The normalized spacial score (nSPS) is 23.1. The number of benzene rings is 1. The number of hydrogen-bond acceptors (Lipinski definition) is 5. The molecule has 3 rings (SSSR count). The van der Waals surface area contributed by atoms with E-state index in [-0.39, 0.29) is 30.5 Å². The van der Waals surface area contributed by atoms with E-state index in [9.17, 15) is 9.90 Å². The Labute approximate surface area is 179 Å². The maximum absolute atomic E-state index is 11.9. The van der Waals surface area contributed by atoms with Gasteiger partial charge in [0.05, 0.1) is 28.8 Å². The second-order valence-electron chi connectivity index (χ2n) is 8.47. The molecule has 158 valence electrons. The van der Waals surface area contributed by atoms with Crippen molar-refractivity contribution in [1.82, 2.24) is 15.0 Å². The lowest BCUT2D eigenvalue weighted by Crippen LogP contribution is -2.42. The number of nitrogens with zero attached hydrogens (tertiary/aromatic N) is 3. The van der Waals surface area contributed by atoms with Gasteiger partial charge in [-0.3, -0.25) is 0 Å². The van der Waals surface area contributed by atoms with Crippen molar-refractivity contribution in [3.63, 3.8) is 0 Å². The highest BCUT2D eigenvalue weighted by Crippen LogP contribution is 2.39. The Hall–Kier alpha value is -1.83. The molecular weight excluding hydrogens is 417 g/mol. The molecule has 0 spiro atoms. The third kappa shape index (κ3) is 5.21. The van der Waals surface area contributed by atoms with Gasteiger partial charge in [0.1, 0.15) is 0 Å². The summed E-state index contributed by atoms with van der Waals surface area (Å²) in [6, 6.07) is 5.37. The van der Waals surface area contributed by atoms with Crippen LogP contribution in [0.3, 0.4) is 0 Å². The SMILES string of the molecule is Cc1nc(C[C@@H]2CN(C(=O)O)CC(C(C)(C)C)O[C@H]2c2ccc(Cl)c(Cl)c2)no1. The molecule has 9 heteroatoms. The summed E-state index contributed by atoms with van der Waals surface area (Å²) in [7, 11) is 0. The summed E-state index contributed by atoms with van der Waals surface area (Å²) < 4.78 is 11.6. The van der Waals surface area contributed by atoms with Crippen LogP contribution >= 0.6 is 23.2 Å². The molecule has 1 aromatic carbocycles. The molecule has 0 aliphatic carbocycles. The fraction of sp³-hybridized carbons (Fsp3) is 0.550. The van der Waals surface area contributed by atoms with E-state index in [2.05, 4.69) is 10.1 Å². The molecule has 1 unspecified atom stereocenters. The molecule has 1 aliphatic heterocycles. The summed E-state index contributed by atoms with van der Waals surface area (Å²) in [5.41, 5.74) is 0.575. The smallest absolute Gasteiger partial charge is 0.407 e. The zero-order valence-corrected chi connectivity index (χ0v) is 18.4. The molecule has 1 aliphatic rings. The average Bonchev–Trinajstić information content (AvgIpc) is 2.92. The number of rotatable bonds is 3. The molecule has 1 fully saturated rings. The average molecular weight is 442 g/mol. The van der Waals surface area contributed by atoms with Crippen LogP contribution in [0.25, 0.3) is 0 Å². The van der Waals surface area contributed by atoms with Crippen molar-refractivity contribution in [2.24, 2.45) is 11.3 Å². The minimum atomic E-state index is -0.980. The summed E-state index contributed by atoms with van der Waals surface area (Å²) in [6.45, 7) is 8.37. The van der Waals surface area contributed by atoms with Crippen LogP contribution in [0.4, 0.5) is 4.79 Å². The van der Waals surface area contributed by atoms with Crippen molar-refractivity contribution in [1.29, 1.82) is 0 Å². The predicted molar refractivity (Wildman–Crippen MR) is 109 cm³/mol. The van der Waals surface area contributed by atoms with Gasteiger partial charge in [0, 0.05) is 25.8 Å². The third-order valence-corrected chi connectivity index (χ3v) is 5.84. The van der Waals surface area contributed by atoms with Gasteiger partial charge in [0.2, 0.25) is 5.89 Å². The van der Waals surface area contributed by atoms with Gasteiger partial charge >= 0.3 is 6.09 Å². The van der Waals surface area contributed by atoms with Gasteiger partial charge in [-0.2, -0.15) is 4.98 Å². The van der Waals surface area contributed by atoms with Crippen molar-refractivity contribution in [3.8, 4) is 0 Å². The van der Waals surface area contributed by atoms with E-state index in [4.69, 9.17) is 32.5 Å². The van der Waals surface area contributed by atoms with Crippen LogP contribution in [0.2, 0.25) is 10.0 Å². The first-order valence-electron chi connectivity index (χ1n) is 9.42. The fourth-order valence-electron chi connectivity index (χ4n) is 3.49. The predicted octanol–water partition coefficient (Wildman–Crippen LogP) is 5.01. The van der Waals surface area contributed by atoms with Gasteiger partial charge in [-0.05, 0) is 23.1 Å². The van der Waals surface area contributed by atoms with Crippen molar-refractivity contribution in [2.75, 3.05) is 13.1 Å². The maximum atomic E-state index is 11.9. The number of carbonyl (C=O) groups is 1. The second kappa shape index (κ2) is 8.50. The minimum Gasteiger partial charge on any atom is -0.465 e. The number of carboxylic acid groups (broad SMARTS) is 1. The van der Waals surface area contributed by atoms with E-state index in [0.717, 1.165) is 5.56 Å². The van der Waals surface area contributed by atoms with Crippen molar-refractivity contribution in [3.05, 3.63) is 45.5 Å². The molecule has 3 atom stereocenters. The third-order valence-electron chi connectivity index (χ3n) is 5.10. The van der Waals surface area contributed by atoms with E-state index >= 15 is 0 Å². The molecule has 1 saturated heterocycles. The van der Waals surface area contributed by atoms with Gasteiger partial charge in [-0.15, -0.1) is 0 Å². The quantitative estimate of drug-likeness (QED) is 0.719. The standard InChI is InChI=1S/C20H25Cl2N3O4/c1-11-23-17(24-29-11)8-13-9-25(19(26)27)10-16(20(2,3)4)28-18(13)12-5-6-14(21)15(22)7-12/h5-7,13,16,18H,8-10H2,1-4H3,(H,26,27)/t13-,16?,18+/m1/s1. The summed E-state index contributed by atoms with van der Waals surface area (Å²) in [6.07, 6.45) is -1.29. The van der Waals surface area contributed by atoms with E-state index in [1.54, 1.807) is 19.1 Å². The van der Waals surface area contributed by atoms with E-state index in [1.165, 1.54) is 4.90 Å². The second-order valence-corrected chi connectivity index (χ2v) is 9.28. The Kier molecular flexibility index (Phi) is 6.41. The van der Waals surface area contributed by atoms with Crippen molar-refractivity contribution < 1.29 is 19.2 Å². The van der Waals surface area contributed by atoms with Gasteiger partial charge in [0.15, 0.2) is 5.82 Å². The van der Waals surface area contributed by atoms with Crippen LogP contribution in [0, 0.1) is 18.3 Å². The number of hydrogen-bond donors (Lipinski definition) is 1. The van der Waals surface area contributed by atoms with E-state index in [1.807, 2.05) is 26.8 Å². The molecule has 0 saturated carbocycles. The van der Waals surface area contributed by atoms with Crippen LogP contribution in [0.1, 0.15) is 44.2 Å². The Balaban J connectivity index is 2.02. The zero-order chi connectivity index (χ0) is 21.3. The molecule has 1 aromatic heterocycles. The van der Waals surface area contributed by atoms with Crippen molar-refractivity contribution >= 4 is 29.3 Å². The highest BCUT2D eigenvalue weighted by Gasteiger charge is 2.40. The Morgan fingerprint density at radius 1 is 1.28 bits per heavy atom. The summed E-state index contributed by atoms with van der Waals surface area (Å²) in [5, 5.41) is 14.6. The fourth-order valence-corrected chi connectivity index (χ4v) is 3.80. The molecule has 1 amide bonds. The number of halogens is 2. The molecular formula is C20H25Cl2N3O4. The van der Waals surface area contributed by atoms with E-state index < -0.39 is 12.2 Å². The van der Waals surface area contributed by atoms with E-state index in [0.29, 0.717) is 28.2 Å². The number of amides is 1. The molecule has 0 bridgehead atoms. The first kappa shape index (κ1) is 21.9. The van der Waals surface area contributed by atoms with Gasteiger partial charge < -0.3 is 19.3 Å². The number of aryl methyl sites for hydroxylation is 1. The van der Waals surface area contributed by atoms with Crippen LogP contribution in [0.5, 0.6) is 0 Å². The Bertz CT molecular complexity index is 881. The van der Waals surface area contributed by atoms with Crippen LogP contribution in [-0.2, 0) is 11.2 Å². The van der Waals surface area contributed by atoms with Crippen LogP contribution in [-0.4, -0.2) is 45.4 Å². The van der Waals surface area contributed by atoms with Crippen molar-refractivity contribution in [2.45, 2.75) is 46.3 Å². The van der Waals surface area contributed by atoms with Crippen LogP contribution < -0.4 is 0 Å². The molecule has 2 aromatic rings. The lowest BCUT2D eigenvalue weighted by Gasteiger charge is -2.34. The van der Waals surface area contributed by atoms with Gasteiger partial charge in [0.25, 0.3) is 0 Å². The summed E-state index contributed by atoms with van der Waals surface area (Å²) in [4.78, 5) is 17.6. The Morgan fingerprint density at radius 2 is 2.00 bits per heavy atom. The summed E-state index contributed by atoms with van der Waals surface area (Å²) in [5.74, 6) is 0.747. The topological polar surface area (TPSA) is 88.7 Å². The number of aromatic nitrogens is 2. The maximum Gasteiger partial charge on any atom is 0.407 e. The highest BCUT2D eigenvalue weighted by atomic mass is 35.5. The summed E-state index contributed by atoms with van der Waals surface area (Å²) >= 11 is 12.4. The van der Waals surface area contributed by atoms with Crippen LogP contribution in [0.15, 0.2) is 22.7 Å². The number of ether oxygens (including phenoxy) is 1. The lowest BCUT2D eigenvalue weighted by atomic mass is 9.88. The molecule has 0 radical (unpaired) electrons. The van der Waals surface area contributed by atoms with Gasteiger partial charge in [-0.1, -0.05) is 55.2 Å². The zero-order valence-electron chi connectivity index (χ0n) is 16.9.